The Morgan fingerprint density at radius 2 is 1.94 bits per heavy atom. The standard InChI is InChI=1S/C23H31N3O3S.ClH/c1-16-12-18-13-20(30(27,28)26(2)3)14-19(23(18)29-16)15-25-21-10-7-11-24-22(21)17-8-5-4-6-9-17;/h4-6,8-9,13-14,16,21-22,24-25H,7,10-12,15H2,1-3H3;1H/t16?,21-,22-;/m0./s1. The minimum atomic E-state index is -3.50. The molecule has 2 N–H and O–H groups in total. The van der Waals surface area contributed by atoms with Gasteiger partial charge in [0.15, 0.2) is 0 Å². The Kier molecular flexibility index (Phi) is 7.65. The van der Waals surface area contributed by atoms with Crippen LogP contribution < -0.4 is 15.4 Å². The van der Waals surface area contributed by atoms with Crippen molar-refractivity contribution in [1.29, 1.82) is 0 Å². The van der Waals surface area contributed by atoms with Crippen molar-refractivity contribution < 1.29 is 13.2 Å². The maximum absolute atomic E-state index is 12.8. The third-order valence-electron chi connectivity index (χ3n) is 5.99. The Bertz CT molecular complexity index is 999. The lowest BCUT2D eigenvalue weighted by Gasteiger charge is -2.34. The van der Waals surface area contributed by atoms with Crippen LogP contribution in [0.1, 0.15) is 42.5 Å². The first kappa shape index (κ1) is 24.0. The summed E-state index contributed by atoms with van der Waals surface area (Å²) in [5.41, 5.74) is 3.16. The summed E-state index contributed by atoms with van der Waals surface area (Å²) in [6.07, 6.45) is 2.98. The van der Waals surface area contributed by atoms with Gasteiger partial charge in [0.2, 0.25) is 10.0 Å². The zero-order chi connectivity index (χ0) is 21.3. The van der Waals surface area contributed by atoms with Gasteiger partial charge in [-0.1, -0.05) is 30.3 Å². The van der Waals surface area contributed by atoms with E-state index in [0.29, 0.717) is 11.4 Å². The Labute approximate surface area is 191 Å². The maximum Gasteiger partial charge on any atom is 0.242 e. The van der Waals surface area contributed by atoms with Crippen molar-refractivity contribution in [2.24, 2.45) is 0 Å². The highest BCUT2D eigenvalue weighted by molar-refractivity contribution is 7.89. The number of sulfonamides is 1. The largest absolute Gasteiger partial charge is 0.490 e. The summed E-state index contributed by atoms with van der Waals surface area (Å²) in [5.74, 6) is 0.840. The van der Waals surface area contributed by atoms with E-state index in [1.165, 1.54) is 9.87 Å². The highest BCUT2D eigenvalue weighted by Gasteiger charge is 2.29. The molecule has 4 rings (SSSR count). The molecule has 0 aliphatic carbocycles. The van der Waals surface area contributed by atoms with Crippen LogP contribution in [0, 0.1) is 0 Å². The van der Waals surface area contributed by atoms with Crippen molar-refractivity contribution in [3.63, 3.8) is 0 Å². The molecule has 170 valence electrons. The fraction of sp³-hybridized carbons (Fsp3) is 0.478. The summed E-state index contributed by atoms with van der Waals surface area (Å²) in [7, 11) is -0.363. The maximum atomic E-state index is 12.8. The smallest absolute Gasteiger partial charge is 0.242 e. The quantitative estimate of drug-likeness (QED) is 0.685. The summed E-state index contributed by atoms with van der Waals surface area (Å²) in [4.78, 5) is 0.335. The zero-order valence-electron chi connectivity index (χ0n) is 18.3. The first-order chi connectivity index (χ1) is 14.4. The first-order valence-electron chi connectivity index (χ1n) is 10.6. The number of benzene rings is 2. The zero-order valence-corrected chi connectivity index (χ0v) is 19.9. The molecular weight excluding hydrogens is 434 g/mol. The van der Waals surface area contributed by atoms with Gasteiger partial charge in [-0.25, -0.2) is 12.7 Å². The average molecular weight is 466 g/mol. The Balaban J connectivity index is 0.00000272. The molecule has 0 amide bonds. The van der Waals surface area contributed by atoms with Crippen LogP contribution in [0.3, 0.4) is 0 Å². The molecule has 2 aromatic carbocycles. The second kappa shape index (κ2) is 9.88. The van der Waals surface area contributed by atoms with Crippen LogP contribution >= 0.6 is 12.4 Å². The van der Waals surface area contributed by atoms with Crippen molar-refractivity contribution in [2.45, 2.75) is 55.8 Å². The second-order valence-electron chi connectivity index (χ2n) is 8.46. The Morgan fingerprint density at radius 1 is 1.19 bits per heavy atom. The van der Waals surface area contributed by atoms with Gasteiger partial charge in [0.1, 0.15) is 11.9 Å². The van der Waals surface area contributed by atoms with E-state index in [1.54, 1.807) is 26.2 Å². The molecule has 0 radical (unpaired) electrons. The Morgan fingerprint density at radius 3 is 2.65 bits per heavy atom. The molecule has 2 aliphatic rings. The number of ether oxygens (including phenoxy) is 1. The van der Waals surface area contributed by atoms with E-state index in [1.807, 2.05) is 13.0 Å². The molecule has 31 heavy (non-hydrogen) atoms. The Hall–Kier alpha value is -1.64. The molecule has 6 nitrogen and oxygen atoms in total. The molecule has 0 spiro atoms. The van der Waals surface area contributed by atoms with Crippen LogP contribution in [-0.4, -0.2) is 45.5 Å². The van der Waals surface area contributed by atoms with Crippen LogP contribution in [0.4, 0.5) is 0 Å². The molecule has 8 heteroatoms. The molecule has 0 bridgehead atoms. The van der Waals surface area contributed by atoms with Crippen LogP contribution in [0.15, 0.2) is 47.4 Å². The highest BCUT2D eigenvalue weighted by atomic mass is 35.5. The average Bonchev–Trinajstić information content (AvgIpc) is 3.13. The number of nitrogens with zero attached hydrogens (tertiary/aromatic N) is 1. The van der Waals surface area contributed by atoms with Crippen molar-refractivity contribution in [1.82, 2.24) is 14.9 Å². The van der Waals surface area contributed by atoms with E-state index in [2.05, 4.69) is 34.9 Å². The van der Waals surface area contributed by atoms with E-state index < -0.39 is 10.0 Å². The van der Waals surface area contributed by atoms with Gasteiger partial charge in [-0.15, -0.1) is 12.4 Å². The van der Waals surface area contributed by atoms with Gasteiger partial charge in [0.05, 0.1) is 4.90 Å². The number of fused-ring (bicyclic) bond motifs is 1. The van der Waals surface area contributed by atoms with E-state index in [4.69, 9.17) is 4.74 Å². The fourth-order valence-corrected chi connectivity index (χ4v) is 5.43. The third kappa shape index (κ3) is 5.07. The van der Waals surface area contributed by atoms with Crippen LogP contribution in [-0.2, 0) is 23.0 Å². The van der Waals surface area contributed by atoms with Crippen molar-refractivity contribution in [3.05, 3.63) is 59.2 Å². The van der Waals surface area contributed by atoms with Crippen molar-refractivity contribution >= 4 is 22.4 Å². The number of rotatable bonds is 6. The summed E-state index contributed by atoms with van der Waals surface area (Å²) in [6, 6.07) is 14.5. The van der Waals surface area contributed by atoms with E-state index in [9.17, 15) is 8.42 Å². The van der Waals surface area contributed by atoms with E-state index in [-0.39, 0.29) is 30.6 Å². The number of hydrogen-bond donors (Lipinski definition) is 2. The molecule has 2 heterocycles. The van der Waals surface area contributed by atoms with E-state index in [0.717, 1.165) is 42.7 Å². The van der Waals surface area contributed by atoms with Gasteiger partial charge in [-0.05, 0) is 49.6 Å². The van der Waals surface area contributed by atoms with Gasteiger partial charge in [0, 0.05) is 44.7 Å². The molecule has 2 aromatic rings. The molecule has 1 fully saturated rings. The van der Waals surface area contributed by atoms with Crippen molar-refractivity contribution in [2.75, 3.05) is 20.6 Å². The molecular formula is C23H32ClN3O3S. The van der Waals surface area contributed by atoms with Gasteiger partial charge < -0.3 is 15.4 Å². The molecule has 1 saturated heterocycles. The number of halogens is 1. The predicted molar refractivity (Wildman–Crippen MR) is 125 cm³/mol. The number of piperidine rings is 1. The second-order valence-corrected chi connectivity index (χ2v) is 10.6. The van der Waals surface area contributed by atoms with E-state index >= 15 is 0 Å². The topological polar surface area (TPSA) is 70.7 Å². The summed E-state index contributed by atoms with van der Waals surface area (Å²) in [5, 5.41) is 7.32. The molecule has 0 saturated carbocycles. The van der Waals surface area contributed by atoms with Gasteiger partial charge >= 0.3 is 0 Å². The van der Waals surface area contributed by atoms with Gasteiger partial charge in [-0.3, -0.25) is 0 Å². The third-order valence-corrected chi connectivity index (χ3v) is 7.79. The molecule has 3 atom stereocenters. The van der Waals surface area contributed by atoms with Crippen LogP contribution in [0.2, 0.25) is 0 Å². The summed E-state index contributed by atoms with van der Waals surface area (Å²) in [6.45, 7) is 3.60. The van der Waals surface area contributed by atoms with Crippen LogP contribution in [0.25, 0.3) is 0 Å². The fourth-order valence-electron chi connectivity index (χ4n) is 4.43. The predicted octanol–water partition coefficient (Wildman–Crippen LogP) is 3.27. The monoisotopic (exact) mass is 465 g/mol. The summed E-state index contributed by atoms with van der Waals surface area (Å²) >= 11 is 0. The van der Waals surface area contributed by atoms with Gasteiger partial charge in [0.25, 0.3) is 0 Å². The molecule has 1 unspecified atom stereocenters. The lowest BCUT2D eigenvalue weighted by Crippen LogP contribution is -2.45. The minimum Gasteiger partial charge on any atom is -0.490 e. The molecule has 0 aromatic heterocycles. The summed E-state index contributed by atoms with van der Waals surface area (Å²) < 4.78 is 32.8. The minimum absolute atomic E-state index is 0. The lowest BCUT2D eigenvalue weighted by molar-refractivity contribution is 0.250. The first-order valence-corrected chi connectivity index (χ1v) is 12.1. The molecule has 2 aliphatic heterocycles. The lowest BCUT2D eigenvalue weighted by atomic mass is 9.92. The normalized spacial score (nSPS) is 23.2. The number of nitrogens with one attached hydrogen (secondary N) is 2. The van der Waals surface area contributed by atoms with Gasteiger partial charge in [-0.2, -0.15) is 0 Å². The SMILES string of the molecule is CC1Cc2cc(S(=O)(=O)N(C)C)cc(CN[C@H]3CCCN[C@H]3c3ccccc3)c2O1.Cl. The van der Waals surface area contributed by atoms with Crippen LogP contribution in [0.5, 0.6) is 5.75 Å². The van der Waals surface area contributed by atoms with Crippen molar-refractivity contribution in [3.8, 4) is 5.75 Å². The highest BCUT2D eigenvalue weighted by Crippen LogP contribution is 2.36. The number of hydrogen-bond acceptors (Lipinski definition) is 5.